The number of hydrogen-bond acceptors (Lipinski definition) is 4. The van der Waals surface area contributed by atoms with E-state index in [0.29, 0.717) is 26.9 Å². The molecule has 0 unspecified atom stereocenters. The van der Waals surface area contributed by atoms with E-state index < -0.39 is 5.97 Å². The van der Waals surface area contributed by atoms with Crippen LogP contribution in [0.3, 0.4) is 0 Å². The molecule has 0 saturated heterocycles. The van der Waals surface area contributed by atoms with Crippen LogP contribution in [0.4, 0.5) is 5.69 Å². The number of halogens is 2. The summed E-state index contributed by atoms with van der Waals surface area (Å²) in [6.45, 7) is 3.99. The number of carbonyl (C=O) groups excluding carboxylic acids is 2. The third-order valence-corrected chi connectivity index (χ3v) is 4.80. The molecule has 0 bridgehead atoms. The molecule has 140 valence electrons. The summed E-state index contributed by atoms with van der Waals surface area (Å²) in [6, 6.07) is 12.4. The summed E-state index contributed by atoms with van der Waals surface area (Å²) in [5.41, 5.74) is 1.99. The Morgan fingerprint density at radius 1 is 1.11 bits per heavy atom. The SMILES string of the molecule is CC(C)CC(=O)O/N=C1/C(=O)N(Cc2c(Cl)cccc2Cl)c2ccccc21. The number of para-hydroxylation sites is 1. The number of nitrogens with zero attached hydrogens (tertiary/aromatic N) is 2. The second kappa shape index (κ2) is 8.11. The second-order valence-electron chi connectivity index (χ2n) is 6.61. The van der Waals surface area contributed by atoms with Gasteiger partial charge in [0.2, 0.25) is 0 Å². The first-order valence-corrected chi connectivity index (χ1v) is 9.26. The zero-order chi connectivity index (χ0) is 19.6. The minimum Gasteiger partial charge on any atom is -0.317 e. The van der Waals surface area contributed by atoms with Gasteiger partial charge in [0, 0.05) is 21.2 Å². The highest BCUT2D eigenvalue weighted by atomic mass is 35.5. The minimum atomic E-state index is -0.477. The largest absolute Gasteiger partial charge is 0.335 e. The molecule has 2 aromatic carbocycles. The first-order chi connectivity index (χ1) is 12.9. The van der Waals surface area contributed by atoms with Crippen molar-refractivity contribution in [3.05, 3.63) is 63.6 Å². The van der Waals surface area contributed by atoms with Crippen molar-refractivity contribution in [1.29, 1.82) is 0 Å². The molecule has 1 aliphatic heterocycles. The Hall–Kier alpha value is -2.37. The van der Waals surface area contributed by atoms with Crippen molar-refractivity contribution in [2.75, 3.05) is 4.90 Å². The van der Waals surface area contributed by atoms with E-state index in [4.69, 9.17) is 28.0 Å². The van der Waals surface area contributed by atoms with Crippen LogP contribution in [0.25, 0.3) is 0 Å². The van der Waals surface area contributed by atoms with Crippen molar-refractivity contribution in [3.8, 4) is 0 Å². The Bertz CT molecular complexity index is 905. The number of fused-ring (bicyclic) bond motifs is 1. The zero-order valence-corrected chi connectivity index (χ0v) is 16.4. The predicted molar refractivity (Wildman–Crippen MR) is 106 cm³/mol. The summed E-state index contributed by atoms with van der Waals surface area (Å²) in [5.74, 6) is -0.706. The highest BCUT2D eigenvalue weighted by Gasteiger charge is 2.35. The van der Waals surface area contributed by atoms with E-state index in [1.807, 2.05) is 19.9 Å². The average molecular weight is 405 g/mol. The van der Waals surface area contributed by atoms with Gasteiger partial charge in [-0.1, -0.05) is 66.5 Å². The van der Waals surface area contributed by atoms with Gasteiger partial charge in [0.15, 0.2) is 5.71 Å². The summed E-state index contributed by atoms with van der Waals surface area (Å²) in [7, 11) is 0. The number of benzene rings is 2. The molecule has 2 aromatic rings. The molecule has 7 heteroatoms. The Kier molecular flexibility index (Phi) is 5.82. The average Bonchev–Trinajstić information content (AvgIpc) is 2.87. The monoisotopic (exact) mass is 404 g/mol. The maximum atomic E-state index is 12.9. The summed E-state index contributed by atoms with van der Waals surface area (Å²) in [4.78, 5) is 31.2. The molecular formula is C20H18Cl2N2O3. The standard InChI is InChI=1S/C20H18Cl2N2O3/c1-12(2)10-18(25)27-23-19-13-6-3-4-9-17(13)24(20(19)26)11-14-15(21)7-5-8-16(14)22/h3-9,12H,10-11H2,1-2H3/b23-19+. The van der Waals surface area contributed by atoms with Crippen LogP contribution < -0.4 is 4.90 Å². The molecule has 5 nitrogen and oxygen atoms in total. The lowest BCUT2D eigenvalue weighted by molar-refractivity contribution is -0.144. The van der Waals surface area contributed by atoms with Gasteiger partial charge in [-0.3, -0.25) is 4.79 Å². The topological polar surface area (TPSA) is 59.0 Å². The Balaban J connectivity index is 1.92. The summed E-state index contributed by atoms with van der Waals surface area (Å²) in [5, 5.41) is 4.79. The van der Waals surface area contributed by atoms with Crippen LogP contribution in [0.5, 0.6) is 0 Å². The molecule has 0 spiro atoms. The van der Waals surface area contributed by atoms with Crippen LogP contribution in [-0.4, -0.2) is 17.6 Å². The van der Waals surface area contributed by atoms with Crippen LogP contribution in [-0.2, 0) is 21.0 Å². The van der Waals surface area contributed by atoms with E-state index in [0.717, 1.165) is 0 Å². The number of carbonyl (C=O) groups is 2. The number of hydrogen-bond donors (Lipinski definition) is 0. The van der Waals surface area contributed by atoms with Gasteiger partial charge in [-0.2, -0.15) is 0 Å². The van der Waals surface area contributed by atoms with E-state index in [2.05, 4.69) is 5.16 Å². The van der Waals surface area contributed by atoms with Gasteiger partial charge >= 0.3 is 5.97 Å². The van der Waals surface area contributed by atoms with Crippen molar-refractivity contribution in [2.45, 2.75) is 26.8 Å². The fourth-order valence-corrected chi connectivity index (χ4v) is 3.33. The van der Waals surface area contributed by atoms with Crippen molar-refractivity contribution in [2.24, 2.45) is 11.1 Å². The molecule has 0 radical (unpaired) electrons. The van der Waals surface area contributed by atoms with Gasteiger partial charge in [0.05, 0.1) is 18.7 Å². The molecule has 0 fully saturated rings. The molecule has 0 N–H and O–H groups in total. The molecule has 1 heterocycles. The summed E-state index contributed by atoms with van der Waals surface area (Å²) < 4.78 is 0. The molecule has 0 aliphatic carbocycles. The normalized spacial score (nSPS) is 14.8. The lowest BCUT2D eigenvalue weighted by atomic mass is 10.1. The number of anilines is 1. The zero-order valence-electron chi connectivity index (χ0n) is 14.9. The van der Waals surface area contributed by atoms with Crippen molar-refractivity contribution >= 4 is 46.5 Å². The van der Waals surface area contributed by atoms with E-state index >= 15 is 0 Å². The Morgan fingerprint density at radius 2 is 1.78 bits per heavy atom. The number of rotatable bonds is 5. The van der Waals surface area contributed by atoms with Gasteiger partial charge in [-0.15, -0.1) is 0 Å². The summed E-state index contributed by atoms with van der Waals surface area (Å²) >= 11 is 12.5. The first kappa shape index (κ1) is 19.4. The molecule has 27 heavy (non-hydrogen) atoms. The molecule has 3 rings (SSSR count). The van der Waals surface area contributed by atoms with Gasteiger partial charge in [0.1, 0.15) is 0 Å². The van der Waals surface area contributed by atoms with Gasteiger partial charge in [-0.05, 0) is 24.1 Å². The van der Waals surface area contributed by atoms with E-state index in [1.54, 1.807) is 36.4 Å². The quantitative estimate of drug-likeness (QED) is 0.529. The third-order valence-electron chi connectivity index (χ3n) is 4.09. The molecular weight excluding hydrogens is 387 g/mol. The van der Waals surface area contributed by atoms with Gasteiger partial charge < -0.3 is 9.74 Å². The minimum absolute atomic E-state index is 0.0888. The maximum absolute atomic E-state index is 12.9. The van der Waals surface area contributed by atoms with Crippen molar-refractivity contribution in [3.63, 3.8) is 0 Å². The van der Waals surface area contributed by atoms with Crippen molar-refractivity contribution in [1.82, 2.24) is 0 Å². The lowest BCUT2D eigenvalue weighted by Gasteiger charge is -2.18. The third kappa shape index (κ3) is 4.15. The van der Waals surface area contributed by atoms with Gasteiger partial charge in [0.25, 0.3) is 5.91 Å². The second-order valence-corrected chi connectivity index (χ2v) is 7.42. The van der Waals surface area contributed by atoms with Crippen LogP contribution in [0.1, 0.15) is 31.4 Å². The fraction of sp³-hybridized carbons (Fsp3) is 0.250. The van der Waals surface area contributed by atoms with E-state index in [9.17, 15) is 9.59 Å². The van der Waals surface area contributed by atoms with Gasteiger partial charge in [-0.25, -0.2) is 4.79 Å². The van der Waals surface area contributed by atoms with Crippen molar-refractivity contribution < 1.29 is 14.4 Å². The number of oxime groups is 1. The van der Waals surface area contributed by atoms with E-state index in [-0.39, 0.29) is 30.5 Å². The molecule has 0 atom stereocenters. The fourth-order valence-electron chi connectivity index (χ4n) is 2.82. The van der Waals surface area contributed by atoms with Crippen LogP contribution >= 0.6 is 23.2 Å². The van der Waals surface area contributed by atoms with E-state index in [1.165, 1.54) is 4.90 Å². The van der Waals surface area contributed by atoms with Crippen LogP contribution in [0, 0.1) is 5.92 Å². The molecule has 0 aromatic heterocycles. The smallest absolute Gasteiger partial charge is 0.317 e. The molecule has 1 amide bonds. The predicted octanol–water partition coefficient (Wildman–Crippen LogP) is 4.83. The van der Waals surface area contributed by atoms with Crippen LogP contribution in [0.2, 0.25) is 10.0 Å². The Labute approximate surface area is 167 Å². The molecule has 0 saturated carbocycles. The van der Waals surface area contributed by atoms with Crippen LogP contribution in [0.15, 0.2) is 47.6 Å². The highest BCUT2D eigenvalue weighted by molar-refractivity contribution is 6.54. The first-order valence-electron chi connectivity index (χ1n) is 8.50. The summed E-state index contributed by atoms with van der Waals surface area (Å²) in [6.07, 6.45) is 0.228. The maximum Gasteiger partial charge on any atom is 0.335 e. The number of amides is 1. The Morgan fingerprint density at radius 3 is 2.44 bits per heavy atom. The lowest BCUT2D eigenvalue weighted by Crippen LogP contribution is -2.30. The molecule has 1 aliphatic rings. The highest BCUT2D eigenvalue weighted by Crippen LogP contribution is 2.34.